The van der Waals surface area contributed by atoms with Crippen LogP contribution in [0.1, 0.15) is 51.7 Å². The monoisotopic (exact) mass is 783 g/mol. The molecule has 55 heavy (non-hydrogen) atoms. The Morgan fingerprint density at radius 3 is 2.22 bits per heavy atom. The maximum absolute atomic E-state index is 13.5. The van der Waals surface area contributed by atoms with Gasteiger partial charge in [-0.3, -0.25) is 24.2 Å². The Balaban J connectivity index is 0.848. The number of hydrogen-bond acceptors (Lipinski definition) is 11. The number of fused-ring (bicyclic) bond motifs is 1. The average Bonchev–Trinajstić information content (AvgIpc) is 3.60. The number of benzene rings is 3. The Bertz CT molecular complexity index is 2340. The van der Waals surface area contributed by atoms with Crippen molar-refractivity contribution in [1.82, 2.24) is 29.4 Å². The van der Waals surface area contributed by atoms with Crippen LogP contribution in [0.25, 0.3) is 16.9 Å². The standard InChI is InChI=1S/C35H32F3N7O9S/c1-21-7-9-24(10-8-21)29-17-30(35(36,37)38)39-43(29)25-11-13-26(14-12-25)55(50,51)40-31(46)15-16-32(47)52-20-23-18-41(19-23)44-45(54-44)53-22(2)42-33(48)27-5-3-4-6-28(27)34(42)49/h3-14,17,22-23H,15-16,18-20H2,1-2H3,(H,40,46). The van der Waals surface area contributed by atoms with Gasteiger partial charge in [0.1, 0.15) is 5.02 Å². The summed E-state index contributed by atoms with van der Waals surface area (Å²) in [6, 6.07) is 18.9. The number of carbonyl (C=O) groups excluding carboxylic acids is 4. The molecule has 1 N–H and O–H groups in total. The van der Waals surface area contributed by atoms with Gasteiger partial charge in [-0.05, 0) is 56.3 Å². The number of halogens is 3. The maximum atomic E-state index is 13.5. The number of aryl methyl sites for hydroxylation is 1. The molecule has 1 fully saturated rings. The van der Waals surface area contributed by atoms with Crippen molar-refractivity contribution in [1.29, 1.82) is 0 Å². The topological polar surface area (TPSA) is 180 Å². The fourth-order valence-corrected chi connectivity index (χ4v) is 6.95. The number of nitrogens with one attached hydrogen (secondary N) is 1. The van der Waals surface area contributed by atoms with Gasteiger partial charge in [-0.2, -0.15) is 22.9 Å². The number of carbonyl (C=O) groups is 4. The van der Waals surface area contributed by atoms with Gasteiger partial charge in [0, 0.05) is 36.0 Å². The average molecular weight is 784 g/mol. The molecule has 1 saturated heterocycles. The summed E-state index contributed by atoms with van der Waals surface area (Å²) >= 11 is 0. The SMILES string of the molecule is Cc1ccc(-c2cc(C(F)(F)F)nn2-c2ccc(S(=O)(=O)NC(=O)CCC(=O)OCC3CN(n4on4OC(C)N4C(=O)c5ccccc5C4=O)C3)cc2)cc1. The molecule has 16 nitrogen and oxygen atoms in total. The molecule has 0 spiro atoms. The minimum atomic E-state index is -4.72. The van der Waals surface area contributed by atoms with Crippen LogP contribution in [-0.2, 0) is 30.5 Å². The molecular weight excluding hydrogens is 751 g/mol. The van der Waals surface area contributed by atoms with E-state index in [1.807, 2.05) is 11.6 Å². The highest BCUT2D eigenvalue weighted by Gasteiger charge is 2.42. The largest absolute Gasteiger partial charge is 0.465 e. The van der Waals surface area contributed by atoms with Crippen LogP contribution in [0, 0.1) is 12.8 Å². The highest BCUT2D eigenvalue weighted by molar-refractivity contribution is 7.90. The number of aromatic nitrogens is 4. The van der Waals surface area contributed by atoms with Crippen LogP contribution >= 0.6 is 0 Å². The van der Waals surface area contributed by atoms with Crippen LogP contribution in [0.5, 0.6) is 0 Å². The summed E-state index contributed by atoms with van der Waals surface area (Å²) in [5, 5.41) is 6.42. The normalized spacial score (nSPS) is 15.2. The van der Waals surface area contributed by atoms with Crippen molar-refractivity contribution in [3.8, 4) is 16.9 Å². The van der Waals surface area contributed by atoms with Crippen molar-refractivity contribution in [2.24, 2.45) is 5.92 Å². The molecule has 0 bridgehead atoms. The van der Waals surface area contributed by atoms with E-state index >= 15 is 0 Å². The van der Waals surface area contributed by atoms with Crippen molar-refractivity contribution in [3.05, 3.63) is 101 Å². The number of ether oxygens (including phenoxy) is 1. The summed E-state index contributed by atoms with van der Waals surface area (Å²) in [4.78, 5) is 57.6. The predicted octanol–water partition coefficient (Wildman–Crippen LogP) is 3.53. The molecule has 1 unspecified atom stereocenters. The molecule has 3 amide bonds. The highest BCUT2D eigenvalue weighted by Crippen LogP contribution is 2.33. The van der Waals surface area contributed by atoms with Gasteiger partial charge in [0.15, 0.2) is 5.69 Å². The van der Waals surface area contributed by atoms with E-state index < -0.39 is 64.7 Å². The zero-order valence-electron chi connectivity index (χ0n) is 29.1. The molecule has 2 aromatic heterocycles. The van der Waals surface area contributed by atoms with Crippen molar-refractivity contribution in [2.75, 3.05) is 24.7 Å². The van der Waals surface area contributed by atoms with E-state index in [0.29, 0.717) is 18.7 Å². The first-order valence-corrected chi connectivity index (χ1v) is 18.3. The van der Waals surface area contributed by atoms with Gasteiger partial charge >= 0.3 is 12.1 Å². The summed E-state index contributed by atoms with van der Waals surface area (Å²) in [5.74, 6) is -2.73. The molecule has 7 rings (SSSR count). The Morgan fingerprint density at radius 1 is 0.964 bits per heavy atom. The summed E-state index contributed by atoms with van der Waals surface area (Å²) in [7, 11) is -4.39. The van der Waals surface area contributed by atoms with E-state index in [9.17, 15) is 40.8 Å². The van der Waals surface area contributed by atoms with Crippen molar-refractivity contribution in [3.63, 3.8) is 0 Å². The third-order valence-corrected chi connectivity index (χ3v) is 10.3. The lowest BCUT2D eigenvalue weighted by atomic mass is 10.0. The fraction of sp³-hybridized carbons (Fsp3) is 0.286. The molecule has 5 aromatic rings. The first kappa shape index (κ1) is 37.0. The van der Waals surface area contributed by atoms with Crippen molar-refractivity contribution in [2.45, 2.75) is 44.0 Å². The van der Waals surface area contributed by atoms with Gasteiger partial charge in [0.05, 0.1) is 40.4 Å². The summed E-state index contributed by atoms with van der Waals surface area (Å²) in [6.07, 6.45) is -6.57. The second-order valence-corrected chi connectivity index (χ2v) is 14.6. The van der Waals surface area contributed by atoms with Crippen LogP contribution in [-0.4, -0.2) is 82.7 Å². The second-order valence-electron chi connectivity index (χ2n) is 12.9. The predicted molar refractivity (Wildman–Crippen MR) is 183 cm³/mol. The van der Waals surface area contributed by atoms with E-state index in [1.165, 1.54) is 24.0 Å². The van der Waals surface area contributed by atoms with E-state index in [2.05, 4.69) is 5.10 Å². The number of amides is 3. The van der Waals surface area contributed by atoms with Crippen molar-refractivity contribution >= 4 is 33.7 Å². The molecule has 20 heteroatoms. The number of alkyl halides is 3. The molecule has 3 aromatic carbocycles. The molecule has 2 aliphatic rings. The molecule has 4 heterocycles. The summed E-state index contributed by atoms with van der Waals surface area (Å²) in [6.45, 7) is 4.19. The van der Waals surface area contributed by atoms with Gasteiger partial charge in [-0.15, -0.1) is 0 Å². The van der Waals surface area contributed by atoms with Crippen molar-refractivity contribution < 1.29 is 55.0 Å². The highest BCUT2D eigenvalue weighted by atomic mass is 32.2. The minimum Gasteiger partial charge on any atom is -0.465 e. The number of nitrogens with zero attached hydrogens (tertiary/aromatic N) is 6. The zero-order chi connectivity index (χ0) is 39.2. The first-order valence-electron chi connectivity index (χ1n) is 16.8. The quantitative estimate of drug-likeness (QED) is 0.136. The van der Waals surface area contributed by atoms with Crippen LogP contribution in [0.15, 0.2) is 88.4 Å². The number of imide groups is 1. The molecule has 0 saturated carbocycles. The third-order valence-electron chi connectivity index (χ3n) is 8.89. The molecule has 288 valence electrons. The van der Waals surface area contributed by atoms with Crippen LogP contribution in [0.3, 0.4) is 0 Å². The lowest BCUT2D eigenvalue weighted by Crippen LogP contribution is -2.54. The maximum Gasteiger partial charge on any atom is 0.435 e. The first-order chi connectivity index (χ1) is 26.1. The lowest BCUT2D eigenvalue weighted by Gasteiger charge is -2.35. The Morgan fingerprint density at radius 2 is 1.60 bits per heavy atom. The molecule has 1 atom stereocenters. The van der Waals surface area contributed by atoms with Gasteiger partial charge in [-0.1, -0.05) is 42.0 Å². The van der Waals surface area contributed by atoms with Crippen LogP contribution in [0.2, 0.25) is 0 Å². The third kappa shape index (κ3) is 7.70. The van der Waals surface area contributed by atoms with E-state index in [-0.39, 0.29) is 39.9 Å². The van der Waals surface area contributed by atoms with Crippen LogP contribution < -0.4 is 14.6 Å². The molecule has 2 aliphatic heterocycles. The number of esters is 1. The number of rotatable bonds is 13. The van der Waals surface area contributed by atoms with Crippen LogP contribution in [0.4, 0.5) is 13.2 Å². The van der Waals surface area contributed by atoms with Gasteiger partial charge in [0.2, 0.25) is 12.1 Å². The fourth-order valence-electron chi connectivity index (χ4n) is 5.94. The molecular formula is C35H32F3N7O9S. The second kappa shape index (κ2) is 14.2. The number of sulfonamides is 1. The Hall–Kier alpha value is -6.31. The van der Waals surface area contributed by atoms with Gasteiger partial charge < -0.3 is 9.57 Å². The Labute approximate surface area is 310 Å². The van der Waals surface area contributed by atoms with E-state index in [4.69, 9.17) is 14.2 Å². The van der Waals surface area contributed by atoms with Gasteiger partial charge in [0.25, 0.3) is 21.8 Å². The molecule has 0 radical (unpaired) electrons. The lowest BCUT2D eigenvalue weighted by molar-refractivity contribution is -0.146. The minimum absolute atomic E-state index is 0.0219. The summed E-state index contributed by atoms with van der Waals surface area (Å²) < 4.78 is 79.8. The Kier molecular flexibility index (Phi) is 9.53. The summed E-state index contributed by atoms with van der Waals surface area (Å²) in [5.41, 5.74) is 1.10. The van der Waals surface area contributed by atoms with Gasteiger partial charge in [-0.25, -0.2) is 22.7 Å². The van der Waals surface area contributed by atoms with E-state index in [0.717, 1.165) is 38.4 Å². The number of hydrogen-bond donors (Lipinski definition) is 1. The molecule has 0 aliphatic carbocycles. The zero-order valence-corrected chi connectivity index (χ0v) is 29.9. The smallest absolute Gasteiger partial charge is 0.435 e. The van der Waals surface area contributed by atoms with E-state index in [1.54, 1.807) is 53.5 Å².